The van der Waals surface area contributed by atoms with Crippen LogP contribution >= 0.6 is 0 Å². The van der Waals surface area contributed by atoms with E-state index in [1.165, 1.54) is 68.5 Å². The average molecular weight is 788 g/mol. The predicted molar refractivity (Wildman–Crippen MR) is 243 cm³/mol. The minimum atomic E-state index is -0.390. The molecular formula is C57H51F2N. The molecule has 6 aliphatic rings. The van der Waals surface area contributed by atoms with E-state index in [1.54, 1.807) is 12.1 Å². The molecule has 1 nitrogen and oxygen atoms in total. The lowest BCUT2D eigenvalue weighted by Gasteiger charge is -2.52. The maximum Gasteiger partial charge on any atom is 0.125 e. The molecule has 0 aromatic heterocycles. The van der Waals surface area contributed by atoms with Crippen LogP contribution in [0.3, 0.4) is 0 Å². The largest absolute Gasteiger partial charge is 0.310 e. The van der Waals surface area contributed by atoms with Crippen molar-refractivity contribution in [2.75, 3.05) is 4.90 Å². The molecule has 3 heteroatoms. The number of hydrogen-bond acceptors (Lipinski definition) is 1. The first-order valence-electron chi connectivity index (χ1n) is 22.4. The van der Waals surface area contributed by atoms with Crippen molar-refractivity contribution in [1.29, 1.82) is 0 Å². The van der Waals surface area contributed by atoms with Gasteiger partial charge in [0.15, 0.2) is 0 Å². The third-order valence-electron chi connectivity index (χ3n) is 16.1. The number of benzene rings is 6. The molecule has 0 heterocycles. The summed E-state index contributed by atoms with van der Waals surface area (Å²) in [5, 5.41) is 0. The first-order valence-corrected chi connectivity index (χ1v) is 22.4. The lowest BCUT2D eigenvalue weighted by molar-refractivity contribution is 0.0868. The Bertz CT molecular complexity index is 2850. The third kappa shape index (κ3) is 4.84. The Morgan fingerprint density at radius 3 is 1.83 bits per heavy atom. The molecule has 6 aromatic rings. The lowest BCUT2D eigenvalue weighted by atomic mass is 9.51. The van der Waals surface area contributed by atoms with Crippen LogP contribution in [-0.4, -0.2) is 0 Å². The lowest BCUT2D eigenvalue weighted by Crippen LogP contribution is -2.47. The summed E-state index contributed by atoms with van der Waals surface area (Å²) in [5.74, 6) is 0.319. The second-order valence-electron chi connectivity index (χ2n) is 19.7. The van der Waals surface area contributed by atoms with Crippen LogP contribution in [0, 0.1) is 23.5 Å². The van der Waals surface area contributed by atoms with E-state index < -0.39 is 0 Å². The maximum atomic E-state index is 17.0. The van der Waals surface area contributed by atoms with E-state index in [0.717, 1.165) is 77.8 Å². The highest BCUT2D eigenvalue weighted by Crippen LogP contribution is 2.67. The van der Waals surface area contributed by atoms with Gasteiger partial charge in [-0.05, 0) is 177 Å². The van der Waals surface area contributed by atoms with Crippen molar-refractivity contribution in [3.05, 3.63) is 178 Å². The van der Waals surface area contributed by atoms with Crippen LogP contribution in [0.2, 0.25) is 0 Å². The van der Waals surface area contributed by atoms with E-state index in [2.05, 4.69) is 130 Å². The topological polar surface area (TPSA) is 3.24 Å². The summed E-state index contributed by atoms with van der Waals surface area (Å²) in [6.45, 7) is 9.40. The van der Waals surface area contributed by atoms with Gasteiger partial charge in [-0.25, -0.2) is 8.78 Å². The SMILES string of the molecule is CC1(C)C2=C(CCC=C2)c2ccc(N(c3ccc4c(c3)C(C)(C)c3cc(-c5ccccc5)ccc3-4)c3cc(F)cc4c3-c3ccc(F)cc3C4(C3CCC3)C3CCC3)cc21. The quantitative estimate of drug-likeness (QED) is 0.163. The zero-order valence-electron chi connectivity index (χ0n) is 35.1. The van der Waals surface area contributed by atoms with Gasteiger partial charge < -0.3 is 4.90 Å². The second kappa shape index (κ2) is 12.7. The third-order valence-corrected chi connectivity index (χ3v) is 16.1. The van der Waals surface area contributed by atoms with Crippen LogP contribution in [0.1, 0.15) is 112 Å². The minimum Gasteiger partial charge on any atom is -0.310 e. The molecule has 0 unspecified atom stereocenters. The molecule has 12 rings (SSSR count). The number of hydrogen-bond donors (Lipinski definition) is 0. The Labute approximate surface area is 353 Å². The Morgan fingerprint density at radius 2 is 1.15 bits per heavy atom. The summed E-state index contributed by atoms with van der Waals surface area (Å²) in [4.78, 5) is 2.35. The van der Waals surface area contributed by atoms with Gasteiger partial charge in [0.05, 0.1) is 5.69 Å². The molecule has 0 N–H and O–H groups in total. The Balaban J connectivity index is 1.10. The molecule has 0 saturated heterocycles. The van der Waals surface area contributed by atoms with Crippen molar-refractivity contribution in [1.82, 2.24) is 0 Å². The fourth-order valence-electron chi connectivity index (χ4n) is 12.8. The van der Waals surface area contributed by atoms with Crippen molar-refractivity contribution in [2.24, 2.45) is 11.8 Å². The number of fused-ring (bicyclic) bond motifs is 8. The zero-order valence-corrected chi connectivity index (χ0v) is 35.1. The number of allylic oxidation sites excluding steroid dienone is 4. The van der Waals surface area contributed by atoms with Crippen LogP contribution in [-0.2, 0) is 16.2 Å². The van der Waals surface area contributed by atoms with Crippen molar-refractivity contribution >= 4 is 22.6 Å². The Kier molecular flexibility index (Phi) is 7.71. The van der Waals surface area contributed by atoms with Crippen LogP contribution < -0.4 is 4.90 Å². The smallest absolute Gasteiger partial charge is 0.125 e. The minimum absolute atomic E-state index is 0.168. The predicted octanol–water partition coefficient (Wildman–Crippen LogP) is 15.7. The normalized spacial score (nSPS) is 19.8. The zero-order chi connectivity index (χ0) is 40.7. The summed E-state index contributed by atoms with van der Waals surface area (Å²) in [5.41, 5.74) is 19.4. The number of nitrogens with zero attached hydrogens (tertiary/aromatic N) is 1. The van der Waals surface area contributed by atoms with Gasteiger partial charge in [-0.2, -0.15) is 0 Å². The standard InChI is InChI=1S/C57H51F2N/c1-55(2)47-19-9-8-18-42(47)44-26-22-40(32-49(44)55)60(41-23-27-45-43-24-20-35(34-12-6-5-7-13-34)28-48(43)56(3,4)50(45)33-41)53-31-39(59)30-52-54(53)46-25-21-38(58)29-51(46)57(52,36-14-10-15-36)37-16-11-17-37/h5-7,9,12-13,19-33,36-37H,8,10-11,14-18H2,1-4H3. The Hall–Kier alpha value is -5.54. The van der Waals surface area contributed by atoms with Gasteiger partial charge in [0.2, 0.25) is 0 Å². The van der Waals surface area contributed by atoms with Gasteiger partial charge in [-0.1, -0.05) is 113 Å². The molecule has 6 aromatic carbocycles. The molecular weight excluding hydrogens is 737 g/mol. The van der Waals surface area contributed by atoms with Gasteiger partial charge in [-0.3, -0.25) is 0 Å². The van der Waals surface area contributed by atoms with Crippen molar-refractivity contribution in [3.63, 3.8) is 0 Å². The molecule has 0 bridgehead atoms. The van der Waals surface area contributed by atoms with E-state index >= 15 is 8.78 Å². The maximum absolute atomic E-state index is 17.0. The molecule has 0 aliphatic heterocycles. The molecule has 2 fully saturated rings. The van der Waals surface area contributed by atoms with E-state index in [4.69, 9.17) is 0 Å². The van der Waals surface area contributed by atoms with Crippen LogP contribution in [0.5, 0.6) is 0 Å². The highest BCUT2D eigenvalue weighted by Gasteiger charge is 2.57. The highest BCUT2D eigenvalue weighted by molar-refractivity contribution is 5.97. The molecule has 0 atom stereocenters. The molecule has 60 heavy (non-hydrogen) atoms. The average Bonchev–Trinajstić information content (AvgIpc) is 3.70. The molecule has 0 spiro atoms. The van der Waals surface area contributed by atoms with E-state index in [-0.39, 0.29) is 27.9 Å². The summed E-state index contributed by atoms with van der Waals surface area (Å²) in [6, 6.07) is 40.5. The van der Waals surface area contributed by atoms with Crippen LogP contribution in [0.25, 0.3) is 39.0 Å². The van der Waals surface area contributed by atoms with Crippen LogP contribution in [0.4, 0.5) is 25.8 Å². The molecule has 298 valence electrons. The summed E-state index contributed by atoms with van der Waals surface area (Å²) in [6.07, 6.45) is 13.5. The van der Waals surface area contributed by atoms with E-state index in [1.807, 2.05) is 18.2 Å². The Morgan fingerprint density at radius 1 is 0.533 bits per heavy atom. The monoisotopic (exact) mass is 787 g/mol. The fourth-order valence-corrected chi connectivity index (χ4v) is 12.8. The second-order valence-corrected chi connectivity index (χ2v) is 19.7. The van der Waals surface area contributed by atoms with Gasteiger partial charge >= 0.3 is 0 Å². The molecule has 6 aliphatic carbocycles. The van der Waals surface area contributed by atoms with Crippen molar-refractivity contribution in [3.8, 4) is 33.4 Å². The van der Waals surface area contributed by atoms with E-state index in [9.17, 15) is 0 Å². The van der Waals surface area contributed by atoms with Crippen molar-refractivity contribution in [2.45, 2.75) is 95.3 Å². The van der Waals surface area contributed by atoms with Crippen molar-refractivity contribution < 1.29 is 8.78 Å². The first-order chi connectivity index (χ1) is 29.1. The molecule has 0 radical (unpaired) electrons. The van der Waals surface area contributed by atoms with Gasteiger partial charge in [0.1, 0.15) is 11.6 Å². The molecule has 0 amide bonds. The summed E-state index contributed by atoms with van der Waals surface area (Å²) < 4.78 is 32.6. The van der Waals surface area contributed by atoms with E-state index in [0.29, 0.717) is 11.8 Å². The number of anilines is 3. The highest BCUT2D eigenvalue weighted by atomic mass is 19.1. The van der Waals surface area contributed by atoms with Gasteiger partial charge in [0, 0.05) is 33.2 Å². The first kappa shape index (κ1) is 36.3. The van der Waals surface area contributed by atoms with Gasteiger partial charge in [-0.15, -0.1) is 0 Å². The fraction of sp³-hybridized carbons (Fsp3) is 0.298. The molecule has 2 saturated carbocycles. The number of halogens is 2. The summed E-state index contributed by atoms with van der Waals surface area (Å²) in [7, 11) is 0. The summed E-state index contributed by atoms with van der Waals surface area (Å²) >= 11 is 0. The van der Waals surface area contributed by atoms with Gasteiger partial charge in [0.25, 0.3) is 0 Å². The number of rotatable bonds is 6. The van der Waals surface area contributed by atoms with Crippen LogP contribution in [0.15, 0.2) is 133 Å².